The van der Waals surface area contributed by atoms with Crippen LogP contribution in [0.15, 0.2) is 30.3 Å². The highest BCUT2D eigenvalue weighted by Gasteiger charge is 2.61. The van der Waals surface area contributed by atoms with Gasteiger partial charge < -0.3 is 58.3 Å². The Labute approximate surface area is 262 Å². The average Bonchev–Trinajstić information content (AvgIpc) is 3.23. The molecule has 17 heteroatoms. The number of ether oxygens (including phenoxy) is 8. The van der Waals surface area contributed by atoms with E-state index in [9.17, 15) is 44.4 Å². The molecular formula is C29H36O17. The number of esters is 5. The summed E-state index contributed by atoms with van der Waals surface area (Å²) in [7, 11) is 0. The minimum absolute atomic E-state index is 0.0277. The molecule has 0 aliphatic carbocycles. The first kappa shape index (κ1) is 36.3. The lowest BCUT2D eigenvalue weighted by Gasteiger charge is -2.45. The summed E-state index contributed by atoms with van der Waals surface area (Å²) in [5.41, 5.74) is 0.564. The van der Waals surface area contributed by atoms with Crippen LogP contribution < -0.4 is 0 Å². The number of rotatable bonds is 12. The Morgan fingerprint density at radius 3 is 1.93 bits per heavy atom. The van der Waals surface area contributed by atoms with Crippen LogP contribution in [0.25, 0.3) is 6.08 Å². The quantitative estimate of drug-likeness (QED) is 0.118. The molecule has 2 fully saturated rings. The topological polar surface area (TPSA) is 240 Å². The zero-order chi connectivity index (χ0) is 34.2. The number of aliphatic hydroxyl groups is 3. The van der Waals surface area contributed by atoms with Gasteiger partial charge in [-0.15, -0.1) is 0 Å². The molecule has 0 amide bonds. The van der Waals surface area contributed by atoms with Crippen LogP contribution in [0.2, 0.25) is 0 Å². The molecule has 0 spiro atoms. The molecule has 1 aromatic carbocycles. The summed E-state index contributed by atoms with van der Waals surface area (Å²) >= 11 is 0. The molecule has 0 saturated carbocycles. The van der Waals surface area contributed by atoms with Crippen LogP contribution in [-0.2, 0) is 61.9 Å². The van der Waals surface area contributed by atoms with E-state index in [0.717, 1.165) is 33.8 Å². The summed E-state index contributed by atoms with van der Waals surface area (Å²) in [6, 6.07) is 5.90. The highest BCUT2D eigenvalue weighted by atomic mass is 16.8. The highest BCUT2D eigenvalue weighted by molar-refractivity contribution is 5.87. The van der Waals surface area contributed by atoms with E-state index in [4.69, 9.17) is 37.9 Å². The normalized spacial score (nSPS) is 30.8. The Balaban J connectivity index is 1.84. The number of phenols is 1. The molecule has 0 bridgehead atoms. The van der Waals surface area contributed by atoms with Gasteiger partial charge in [0.1, 0.15) is 50.0 Å². The Morgan fingerprint density at radius 1 is 0.804 bits per heavy atom. The van der Waals surface area contributed by atoms with E-state index >= 15 is 0 Å². The van der Waals surface area contributed by atoms with Gasteiger partial charge >= 0.3 is 29.8 Å². The van der Waals surface area contributed by atoms with Crippen LogP contribution in [-0.4, -0.2) is 125 Å². The SMILES string of the molecule is CC(=O)OC[C@H]1O[C@H](O[C@]2(CO)O[C@H](COC(=O)C=Cc3ccc(O)cc3)[C@H](OC(C)=O)[C@H]2O)[C@H](O)[C@@H](OC(C)=O)[C@@H]1OC(C)=O. The van der Waals surface area contributed by atoms with Crippen molar-refractivity contribution in [3.8, 4) is 5.75 Å². The minimum Gasteiger partial charge on any atom is -0.508 e. The number of benzene rings is 1. The highest BCUT2D eigenvalue weighted by Crippen LogP contribution is 2.38. The smallest absolute Gasteiger partial charge is 0.330 e. The Kier molecular flexibility index (Phi) is 12.6. The van der Waals surface area contributed by atoms with Gasteiger partial charge in [-0.3, -0.25) is 19.2 Å². The molecule has 1 aromatic rings. The molecule has 9 atom stereocenters. The van der Waals surface area contributed by atoms with E-state index in [2.05, 4.69) is 0 Å². The summed E-state index contributed by atoms with van der Waals surface area (Å²) < 4.78 is 42.9. The van der Waals surface area contributed by atoms with E-state index in [1.165, 1.54) is 30.3 Å². The predicted molar refractivity (Wildman–Crippen MR) is 148 cm³/mol. The van der Waals surface area contributed by atoms with Crippen molar-refractivity contribution >= 4 is 35.9 Å². The second-order valence-corrected chi connectivity index (χ2v) is 10.3. The lowest BCUT2D eigenvalue weighted by molar-refractivity contribution is -0.383. The number of carbonyl (C=O) groups is 5. The van der Waals surface area contributed by atoms with Gasteiger partial charge in [0.15, 0.2) is 24.6 Å². The molecular weight excluding hydrogens is 620 g/mol. The van der Waals surface area contributed by atoms with Crippen LogP contribution in [0.1, 0.15) is 33.3 Å². The Hall–Kier alpha value is -4.13. The van der Waals surface area contributed by atoms with Crippen LogP contribution in [0, 0.1) is 0 Å². The molecule has 46 heavy (non-hydrogen) atoms. The first-order chi connectivity index (χ1) is 21.6. The number of hydrogen-bond donors (Lipinski definition) is 4. The van der Waals surface area contributed by atoms with Crippen molar-refractivity contribution in [2.45, 2.75) is 82.5 Å². The van der Waals surface area contributed by atoms with Gasteiger partial charge in [-0.2, -0.15) is 0 Å². The van der Waals surface area contributed by atoms with E-state index in [0.29, 0.717) is 5.56 Å². The van der Waals surface area contributed by atoms with Gasteiger partial charge in [0.05, 0.1) is 0 Å². The zero-order valence-electron chi connectivity index (χ0n) is 25.3. The molecule has 0 unspecified atom stereocenters. The van der Waals surface area contributed by atoms with Crippen molar-refractivity contribution < 1.29 is 82.3 Å². The maximum atomic E-state index is 12.4. The Morgan fingerprint density at radius 2 is 1.37 bits per heavy atom. The maximum Gasteiger partial charge on any atom is 0.330 e. The van der Waals surface area contributed by atoms with Crippen molar-refractivity contribution in [3.63, 3.8) is 0 Å². The molecule has 2 aliphatic heterocycles. The van der Waals surface area contributed by atoms with Crippen LogP contribution in [0.3, 0.4) is 0 Å². The van der Waals surface area contributed by atoms with Gasteiger partial charge in [0, 0.05) is 33.8 Å². The standard InChI is InChI=1S/C29H36O17/c1-14(31)39-11-20-24(41-15(2)32)26(43-17(4)34)23(37)28(44-20)46-29(13-30)27(38)25(42-16(3)33)21(45-29)12-40-22(36)10-7-18-5-8-19(35)9-6-18/h5-10,20-21,23-28,30,35,37-38H,11-13H2,1-4H3/t20-,21-,23-,24-,25+,26-,27-,28-,29+/m1/s1. The molecule has 0 radical (unpaired) electrons. The van der Waals surface area contributed by atoms with Crippen molar-refractivity contribution in [1.29, 1.82) is 0 Å². The van der Waals surface area contributed by atoms with Crippen LogP contribution in [0.5, 0.6) is 5.75 Å². The van der Waals surface area contributed by atoms with Crippen molar-refractivity contribution in [1.82, 2.24) is 0 Å². The predicted octanol–water partition coefficient (Wildman–Crippen LogP) is -1.14. The number of aliphatic hydroxyl groups excluding tert-OH is 3. The second kappa shape index (κ2) is 15.9. The third kappa shape index (κ3) is 9.44. The Bertz CT molecular complexity index is 1280. The largest absolute Gasteiger partial charge is 0.508 e. The molecule has 254 valence electrons. The summed E-state index contributed by atoms with van der Waals surface area (Å²) in [4.78, 5) is 59.5. The van der Waals surface area contributed by atoms with E-state index in [1.807, 2.05) is 0 Å². The van der Waals surface area contributed by atoms with Gasteiger partial charge in [0.2, 0.25) is 5.79 Å². The van der Waals surface area contributed by atoms with E-state index in [1.54, 1.807) is 0 Å². The molecule has 3 rings (SSSR count). The molecule has 0 aromatic heterocycles. The van der Waals surface area contributed by atoms with Gasteiger partial charge in [-0.25, -0.2) is 4.79 Å². The first-order valence-electron chi connectivity index (χ1n) is 13.9. The molecule has 2 heterocycles. The van der Waals surface area contributed by atoms with E-state index in [-0.39, 0.29) is 5.75 Å². The first-order valence-corrected chi connectivity index (χ1v) is 13.9. The molecule has 4 N–H and O–H groups in total. The van der Waals surface area contributed by atoms with Crippen molar-refractivity contribution in [3.05, 3.63) is 35.9 Å². The number of phenolic OH excluding ortho intramolecular Hbond substituents is 1. The van der Waals surface area contributed by atoms with Gasteiger partial charge in [-0.05, 0) is 23.8 Å². The zero-order valence-corrected chi connectivity index (χ0v) is 25.3. The van der Waals surface area contributed by atoms with Gasteiger partial charge in [0.25, 0.3) is 0 Å². The van der Waals surface area contributed by atoms with E-state index < -0.39 is 104 Å². The summed E-state index contributed by atoms with van der Waals surface area (Å²) in [6.07, 6.45) is -10.9. The van der Waals surface area contributed by atoms with Crippen molar-refractivity contribution in [2.75, 3.05) is 19.8 Å². The number of hydrogen-bond acceptors (Lipinski definition) is 17. The summed E-state index contributed by atoms with van der Waals surface area (Å²) in [5.74, 6) is -6.72. The monoisotopic (exact) mass is 656 g/mol. The van der Waals surface area contributed by atoms with Crippen LogP contribution in [0.4, 0.5) is 0 Å². The van der Waals surface area contributed by atoms with Gasteiger partial charge in [-0.1, -0.05) is 12.1 Å². The lowest BCUT2D eigenvalue weighted by atomic mass is 9.98. The molecule has 2 aliphatic rings. The minimum atomic E-state index is -2.49. The van der Waals surface area contributed by atoms with Crippen LogP contribution >= 0.6 is 0 Å². The number of aromatic hydroxyl groups is 1. The fourth-order valence-corrected chi connectivity index (χ4v) is 4.72. The third-order valence-electron chi connectivity index (χ3n) is 6.68. The third-order valence-corrected chi connectivity index (χ3v) is 6.68. The van der Waals surface area contributed by atoms with Crippen molar-refractivity contribution in [2.24, 2.45) is 0 Å². The fraction of sp³-hybridized carbons (Fsp3) is 0.552. The summed E-state index contributed by atoms with van der Waals surface area (Å²) in [6.45, 7) is 1.85. The average molecular weight is 657 g/mol. The molecule has 2 saturated heterocycles. The fourth-order valence-electron chi connectivity index (χ4n) is 4.72. The number of carbonyl (C=O) groups excluding carboxylic acids is 5. The maximum absolute atomic E-state index is 12.4. The summed E-state index contributed by atoms with van der Waals surface area (Å²) in [5, 5.41) is 42.0. The second-order valence-electron chi connectivity index (χ2n) is 10.3. The molecule has 17 nitrogen and oxygen atoms in total. The lowest BCUT2D eigenvalue weighted by Crippen LogP contribution is -2.64.